The van der Waals surface area contributed by atoms with Crippen LogP contribution in [-0.4, -0.2) is 27.5 Å². The molecule has 0 aliphatic rings. The molecule has 7 heteroatoms. The van der Waals surface area contributed by atoms with Gasteiger partial charge in [-0.25, -0.2) is 4.98 Å². The van der Waals surface area contributed by atoms with Gasteiger partial charge in [-0.15, -0.1) is 0 Å². The highest BCUT2D eigenvalue weighted by atomic mass is 16.6. The SMILES string of the molecule is O=C(O)CCCCNc1ccc([N+](=O)[O-])c2ncccc12. The van der Waals surface area contributed by atoms with Crippen LogP contribution in [0.4, 0.5) is 11.4 Å². The molecular formula is C14H15N3O4. The third-order valence-corrected chi connectivity index (χ3v) is 3.08. The number of nitro groups is 1. The number of aliphatic carboxylic acids is 1. The van der Waals surface area contributed by atoms with Gasteiger partial charge in [0.1, 0.15) is 5.52 Å². The number of hydrogen-bond donors (Lipinski definition) is 2. The average Bonchev–Trinajstić information content (AvgIpc) is 2.46. The lowest BCUT2D eigenvalue weighted by Crippen LogP contribution is -2.04. The number of aromatic nitrogens is 1. The zero-order valence-corrected chi connectivity index (χ0v) is 11.3. The monoisotopic (exact) mass is 289 g/mol. The summed E-state index contributed by atoms with van der Waals surface area (Å²) in [6, 6.07) is 6.57. The summed E-state index contributed by atoms with van der Waals surface area (Å²) < 4.78 is 0. The van der Waals surface area contributed by atoms with Gasteiger partial charge < -0.3 is 10.4 Å². The molecule has 1 aromatic heterocycles. The largest absolute Gasteiger partial charge is 0.481 e. The van der Waals surface area contributed by atoms with E-state index in [1.807, 2.05) is 0 Å². The summed E-state index contributed by atoms with van der Waals surface area (Å²) in [7, 11) is 0. The summed E-state index contributed by atoms with van der Waals surface area (Å²) in [5.74, 6) is -0.806. The summed E-state index contributed by atoms with van der Waals surface area (Å²) in [6.07, 6.45) is 2.97. The first kappa shape index (κ1) is 14.7. The molecule has 0 unspecified atom stereocenters. The molecule has 7 nitrogen and oxygen atoms in total. The number of carboxylic acids is 1. The van der Waals surface area contributed by atoms with E-state index in [0.29, 0.717) is 30.3 Å². The van der Waals surface area contributed by atoms with Gasteiger partial charge in [-0.3, -0.25) is 14.9 Å². The fraction of sp³-hybridized carbons (Fsp3) is 0.286. The van der Waals surface area contributed by atoms with Crippen molar-refractivity contribution in [3.8, 4) is 0 Å². The minimum absolute atomic E-state index is 0.0259. The van der Waals surface area contributed by atoms with Crippen LogP contribution in [0.3, 0.4) is 0 Å². The zero-order valence-electron chi connectivity index (χ0n) is 11.3. The Bertz CT molecular complexity index is 672. The molecule has 2 aromatic rings. The van der Waals surface area contributed by atoms with Crippen molar-refractivity contribution in [1.82, 2.24) is 4.98 Å². The van der Waals surface area contributed by atoms with E-state index >= 15 is 0 Å². The molecule has 2 N–H and O–H groups in total. The standard InChI is InChI=1S/C14H15N3O4/c18-13(19)5-1-2-8-15-11-6-7-12(17(20)21)14-10(11)4-3-9-16-14/h3-4,6-7,9,15H,1-2,5,8H2,(H,18,19). The fourth-order valence-electron chi connectivity index (χ4n) is 2.08. The number of hydrogen-bond acceptors (Lipinski definition) is 5. The predicted molar refractivity (Wildman–Crippen MR) is 78.4 cm³/mol. The summed E-state index contributed by atoms with van der Waals surface area (Å²) in [4.78, 5) is 25.0. The molecule has 0 fully saturated rings. The molecule has 2 rings (SSSR count). The van der Waals surface area contributed by atoms with Crippen LogP contribution in [0.15, 0.2) is 30.5 Å². The van der Waals surface area contributed by atoms with Gasteiger partial charge in [0.25, 0.3) is 5.69 Å². The number of pyridine rings is 1. The lowest BCUT2D eigenvalue weighted by Gasteiger charge is -2.09. The van der Waals surface area contributed by atoms with Crippen LogP contribution in [0.2, 0.25) is 0 Å². The molecule has 0 spiro atoms. The first-order valence-corrected chi connectivity index (χ1v) is 6.57. The van der Waals surface area contributed by atoms with Gasteiger partial charge in [0.15, 0.2) is 0 Å². The smallest absolute Gasteiger partial charge is 0.303 e. The molecule has 0 aliphatic heterocycles. The van der Waals surface area contributed by atoms with Crippen LogP contribution in [0, 0.1) is 10.1 Å². The van der Waals surface area contributed by atoms with Crippen molar-refractivity contribution in [1.29, 1.82) is 0 Å². The van der Waals surface area contributed by atoms with Gasteiger partial charge in [0.2, 0.25) is 0 Å². The van der Waals surface area contributed by atoms with Crippen LogP contribution in [0.1, 0.15) is 19.3 Å². The molecule has 1 heterocycles. The van der Waals surface area contributed by atoms with Crippen molar-refractivity contribution in [2.45, 2.75) is 19.3 Å². The number of fused-ring (bicyclic) bond motifs is 1. The van der Waals surface area contributed by atoms with Crippen LogP contribution in [0.5, 0.6) is 0 Å². The number of non-ortho nitro benzene ring substituents is 1. The summed E-state index contributed by atoms with van der Waals surface area (Å²) >= 11 is 0. The van der Waals surface area contributed by atoms with Crippen molar-refractivity contribution in [2.24, 2.45) is 0 Å². The first-order chi connectivity index (χ1) is 10.1. The second kappa shape index (κ2) is 6.65. The summed E-state index contributed by atoms with van der Waals surface area (Å²) in [6.45, 7) is 0.606. The number of carboxylic acid groups (broad SMARTS) is 1. The van der Waals surface area contributed by atoms with Crippen molar-refractivity contribution in [3.63, 3.8) is 0 Å². The predicted octanol–water partition coefficient (Wildman–Crippen LogP) is 2.81. The molecule has 0 aliphatic carbocycles. The third-order valence-electron chi connectivity index (χ3n) is 3.08. The molecule has 0 amide bonds. The quantitative estimate of drug-likeness (QED) is 0.461. The number of rotatable bonds is 7. The molecule has 0 atom stereocenters. The highest BCUT2D eigenvalue weighted by molar-refractivity contribution is 5.96. The second-order valence-corrected chi connectivity index (χ2v) is 4.57. The zero-order chi connectivity index (χ0) is 15.2. The third kappa shape index (κ3) is 3.65. The van der Waals surface area contributed by atoms with Gasteiger partial charge in [0.05, 0.1) is 4.92 Å². The lowest BCUT2D eigenvalue weighted by atomic mass is 10.1. The number of benzene rings is 1. The molecule has 0 bridgehead atoms. The molecular weight excluding hydrogens is 274 g/mol. The minimum atomic E-state index is -0.806. The molecule has 1 aromatic carbocycles. The van der Waals surface area contributed by atoms with E-state index in [4.69, 9.17) is 5.11 Å². The van der Waals surface area contributed by atoms with E-state index in [1.54, 1.807) is 18.2 Å². The van der Waals surface area contributed by atoms with Gasteiger partial charge in [-0.1, -0.05) is 0 Å². The molecule has 0 radical (unpaired) electrons. The van der Waals surface area contributed by atoms with Crippen molar-refractivity contribution in [2.75, 3.05) is 11.9 Å². The number of nitrogens with zero attached hydrogens (tertiary/aromatic N) is 2. The summed E-state index contributed by atoms with van der Waals surface area (Å²) in [5, 5.41) is 23.4. The minimum Gasteiger partial charge on any atom is -0.481 e. The maximum Gasteiger partial charge on any atom is 0.303 e. The van der Waals surface area contributed by atoms with E-state index in [9.17, 15) is 14.9 Å². The second-order valence-electron chi connectivity index (χ2n) is 4.57. The van der Waals surface area contributed by atoms with Gasteiger partial charge in [-0.2, -0.15) is 0 Å². The van der Waals surface area contributed by atoms with Crippen molar-refractivity contribution in [3.05, 3.63) is 40.6 Å². The Labute approximate surface area is 120 Å². The Kier molecular flexibility index (Phi) is 4.65. The van der Waals surface area contributed by atoms with E-state index in [0.717, 1.165) is 5.69 Å². The number of carbonyl (C=O) groups is 1. The normalized spacial score (nSPS) is 10.5. The number of nitrogens with one attached hydrogen (secondary N) is 1. The topological polar surface area (TPSA) is 105 Å². The first-order valence-electron chi connectivity index (χ1n) is 6.57. The Balaban J connectivity index is 2.12. The highest BCUT2D eigenvalue weighted by Crippen LogP contribution is 2.29. The fourth-order valence-corrected chi connectivity index (χ4v) is 2.08. The highest BCUT2D eigenvalue weighted by Gasteiger charge is 2.14. The number of nitro benzene ring substituents is 1. The summed E-state index contributed by atoms with van der Waals surface area (Å²) in [5.41, 5.74) is 1.08. The van der Waals surface area contributed by atoms with Crippen molar-refractivity contribution >= 4 is 28.2 Å². The molecule has 21 heavy (non-hydrogen) atoms. The molecule has 0 saturated carbocycles. The number of anilines is 1. The van der Waals surface area contributed by atoms with E-state index < -0.39 is 10.9 Å². The average molecular weight is 289 g/mol. The molecule has 0 saturated heterocycles. The van der Waals surface area contributed by atoms with Crippen molar-refractivity contribution < 1.29 is 14.8 Å². The Hall–Kier alpha value is -2.70. The van der Waals surface area contributed by atoms with Crippen LogP contribution in [0.25, 0.3) is 10.9 Å². The van der Waals surface area contributed by atoms with Gasteiger partial charge >= 0.3 is 5.97 Å². The Morgan fingerprint density at radius 2 is 2.14 bits per heavy atom. The van der Waals surface area contributed by atoms with Gasteiger partial charge in [-0.05, 0) is 31.0 Å². The lowest BCUT2D eigenvalue weighted by molar-refractivity contribution is -0.383. The van der Waals surface area contributed by atoms with Crippen LogP contribution in [-0.2, 0) is 4.79 Å². The van der Waals surface area contributed by atoms with Gasteiger partial charge in [0, 0.05) is 36.3 Å². The Morgan fingerprint density at radius 1 is 1.33 bits per heavy atom. The Morgan fingerprint density at radius 3 is 2.86 bits per heavy atom. The molecule has 110 valence electrons. The maximum absolute atomic E-state index is 11.0. The maximum atomic E-state index is 11.0. The van der Waals surface area contributed by atoms with E-state index in [-0.39, 0.29) is 12.1 Å². The number of unbranched alkanes of at least 4 members (excludes halogenated alkanes) is 1. The van der Waals surface area contributed by atoms with Crippen LogP contribution >= 0.6 is 0 Å². The van der Waals surface area contributed by atoms with E-state index in [2.05, 4.69) is 10.3 Å². The van der Waals surface area contributed by atoms with E-state index in [1.165, 1.54) is 12.3 Å². The van der Waals surface area contributed by atoms with Crippen LogP contribution < -0.4 is 5.32 Å².